The van der Waals surface area contributed by atoms with E-state index >= 15 is 0 Å². The van der Waals surface area contributed by atoms with Gasteiger partial charge in [-0.15, -0.1) is 0 Å². The van der Waals surface area contributed by atoms with Gasteiger partial charge in [-0.05, 0) is 30.5 Å². The molecule has 8 nitrogen and oxygen atoms in total. The van der Waals surface area contributed by atoms with Gasteiger partial charge in [-0.3, -0.25) is 9.59 Å². The van der Waals surface area contributed by atoms with Crippen molar-refractivity contribution in [2.75, 3.05) is 46.9 Å². The fourth-order valence-electron chi connectivity index (χ4n) is 4.42. The van der Waals surface area contributed by atoms with Crippen LogP contribution in [0.15, 0.2) is 18.2 Å². The van der Waals surface area contributed by atoms with Crippen molar-refractivity contribution in [3.8, 4) is 0 Å². The number of ether oxygens (including phenoxy) is 1. The SMILES string of the molecule is COCC(=O)N1CCC(C(=O)N2C[C@H](c3ccc(Cl)c(Cl)c3)[C@@H](N(C)C(=O)O)C2)CC1. The smallest absolute Gasteiger partial charge is 0.407 e. The van der Waals surface area contributed by atoms with Crippen molar-refractivity contribution in [3.63, 3.8) is 0 Å². The van der Waals surface area contributed by atoms with E-state index in [1.807, 2.05) is 6.07 Å². The molecule has 31 heavy (non-hydrogen) atoms. The van der Waals surface area contributed by atoms with Crippen molar-refractivity contribution >= 4 is 41.1 Å². The molecule has 0 aliphatic carbocycles. The molecule has 0 bridgehead atoms. The molecule has 2 atom stereocenters. The van der Waals surface area contributed by atoms with Crippen LogP contribution in [0.1, 0.15) is 24.3 Å². The number of carboxylic acid groups (broad SMARTS) is 1. The number of likely N-dealkylation sites (tertiary alicyclic amines) is 2. The molecule has 3 amide bonds. The number of piperidine rings is 1. The Labute approximate surface area is 191 Å². The van der Waals surface area contributed by atoms with Crippen LogP contribution < -0.4 is 0 Å². The summed E-state index contributed by atoms with van der Waals surface area (Å²) in [7, 11) is 3.00. The van der Waals surface area contributed by atoms with Crippen LogP contribution in [-0.2, 0) is 14.3 Å². The molecule has 0 saturated carbocycles. The molecule has 170 valence electrons. The van der Waals surface area contributed by atoms with Crippen LogP contribution >= 0.6 is 23.2 Å². The lowest BCUT2D eigenvalue weighted by molar-refractivity contribution is -0.141. The highest BCUT2D eigenvalue weighted by atomic mass is 35.5. The molecular weight excluding hydrogens is 445 g/mol. The second-order valence-corrected chi connectivity index (χ2v) is 8.89. The van der Waals surface area contributed by atoms with Crippen molar-refractivity contribution in [2.45, 2.75) is 24.8 Å². The van der Waals surface area contributed by atoms with Gasteiger partial charge in [-0.2, -0.15) is 0 Å². The number of nitrogens with zero attached hydrogens (tertiary/aromatic N) is 3. The molecule has 1 N–H and O–H groups in total. The average Bonchev–Trinajstić information content (AvgIpc) is 3.20. The second kappa shape index (κ2) is 10.1. The first-order valence-electron chi connectivity index (χ1n) is 10.2. The van der Waals surface area contributed by atoms with Gasteiger partial charge in [0.2, 0.25) is 11.8 Å². The number of hydrogen-bond acceptors (Lipinski definition) is 4. The van der Waals surface area contributed by atoms with Crippen LogP contribution in [0.25, 0.3) is 0 Å². The predicted molar refractivity (Wildman–Crippen MR) is 117 cm³/mol. The summed E-state index contributed by atoms with van der Waals surface area (Å²) >= 11 is 12.2. The zero-order chi connectivity index (χ0) is 22.7. The average molecular weight is 472 g/mol. The molecule has 2 aliphatic heterocycles. The number of carbonyl (C=O) groups excluding carboxylic acids is 2. The van der Waals surface area contributed by atoms with Crippen molar-refractivity contribution in [1.29, 1.82) is 0 Å². The minimum Gasteiger partial charge on any atom is -0.465 e. The van der Waals surface area contributed by atoms with E-state index in [2.05, 4.69) is 0 Å². The summed E-state index contributed by atoms with van der Waals surface area (Å²) in [4.78, 5) is 41.6. The molecule has 0 aromatic heterocycles. The maximum Gasteiger partial charge on any atom is 0.407 e. The Morgan fingerprint density at radius 2 is 1.81 bits per heavy atom. The summed E-state index contributed by atoms with van der Waals surface area (Å²) < 4.78 is 4.90. The Kier molecular flexibility index (Phi) is 7.67. The van der Waals surface area contributed by atoms with E-state index in [-0.39, 0.29) is 36.3 Å². The number of carbonyl (C=O) groups is 3. The number of hydrogen-bond donors (Lipinski definition) is 1. The van der Waals surface area contributed by atoms with Crippen LogP contribution in [0.5, 0.6) is 0 Å². The molecule has 0 radical (unpaired) electrons. The van der Waals surface area contributed by atoms with E-state index in [1.165, 1.54) is 19.1 Å². The highest BCUT2D eigenvalue weighted by molar-refractivity contribution is 6.42. The van der Waals surface area contributed by atoms with E-state index < -0.39 is 6.09 Å². The Hall–Kier alpha value is -2.03. The lowest BCUT2D eigenvalue weighted by Gasteiger charge is -2.33. The standard InChI is InChI=1S/C21H27Cl2N3O5/c1-24(21(29)30)18-11-26(10-15(18)14-3-4-16(22)17(23)9-14)20(28)13-5-7-25(8-6-13)19(27)12-31-2/h3-4,9,13,15,18H,5-8,10-12H2,1-2H3,(H,29,30)/t15-,18+/m1/s1. The molecule has 2 heterocycles. The van der Waals surface area contributed by atoms with Gasteiger partial charge in [0.15, 0.2) is 0 Å². The fourth-order valence-corrected chi connectivity index (χ4v) is 4.73. The molecule has 3 rings (SSSR count). The monoisotopic (exact) mass is 471 g/mol. The van der Waals surface area contributed by atoms with Gasteiger partial charge in [0, 0.05) is 52.2 Å². The molecule has 2 fully saturated rings. The van der Waals surface area contributed by atoms with Crippen LogP contribution in [-0.4, -0.2) is 90.7 Å². The Bertz CT molecular complexity index is 844. The van der Waals surface area contributed by atoms with Crippen molar-refractivity contribution < 1.29 is 24.2 Å². The highest BCUT2D eigenvalue weighted by Crippen LogP contribution is 2.35. The third kappa shape index (κ3) is 5.25. The highest BCUT2D eigenvalue weighted by Gasteiger charge is 2.42. The topological polar surface area (TPSA) is 90.4 Å². The fraction of sp³-hybridized carbons (Fsp3) is 0.571. The minimum atomic E-state index is -1.05. The summed E-state index contributed by atoms with van der Waals surface area (Å²) in [5, 5.41) is 10.4. The quantitative estimate of drug-likeness (QED) is 0.712. The maximum atomic E-state index is 13.2. The Morgan fingerprint density at radius 3 is 2.39 bits per heavy atom. The van der Waals surface area contributed by atoms with Gasteiger partial charge in [-0.1, -0.05) is 29.3 Å². The molecule has 2 saturated heterocycles. The third-order valence-electron chi connectivity index (χ3n) is 6.24. The van der Waals surface area contributed by atoms with Crippen LogP contribution in [0, 0.1) is 5.92 Å². The van der Waals surface area contributed by atoms with E-state index in [1.54, 1.807) is 21.9 Å². The molecule has 1 aromatic carbocycles. The number of rotatable bonds is 5. The number of benzene rings is 1. The third-order valence-corrected chi connectivity index (χ3v) is 6.98. The van der Waals surface area contributed by atoms with Crippen LogP contribution in [0.4, 0.5) is 4.79 Å². The normalized spacial score (nSPS) is 21.9. The summed E-state index contributed by atoms with van der Waals surface area (Å²) in [5.74, 6) is -0.458. The van der Waals surface area contributed by atoms with Crippen molar-refractivity contribution in [2.24, 2.45) is 5.92 Å². The summed E-state index contributed by atoms with van der Waals surface area (Å²) in [6, 6.07) is 4.87. The second-order valence-electron chi connectivity index (χ2n) is 8.07. The molecule has 0 unspecified atom stereocenters. The first kappa shape index (κ1) is 23.6. The molecule has 1 aromatic rings. The largest absolute Gasteiger partial charge is 0.465 e. The van der Waals surface area contributed by atoms with Gasteiger partial charge >= 0.3 is 6.09 Å². The number of halogens is 2. The Balaban J connectivity index is 1.72. The van der Waals surface area contributed by atoms with Gasteiger partial charge in [-0.25, -0.2) is 4.79 Å². The van der Waals surface area contributed by atoms with Crippen molar-refractivity contribution in [3.05, 3.63) is 33.8 Å². The maximum absolute atomic E-state index is 13.2. The molecule has 0 spiro atoms. The molecule has 10 heteroatoms. The van der Waals surface area contributed by atoms with Crippen LogP contribution in [0.3, 0.4) is 0 Å². The predicted octanol–water partition coefficient (Wildman–Crippen LogP) is 2.78. The van der Waals surface area contributed by atoms with Gasteiger partial charge in [0.25, 0.3) is 0 Å². The first-order valence-corrected chi connectivity index (χ1v) is 10.9. The summed E-state index contributed by atoms with van der Waals surface area (Å²) in [6.07, 6.45) is 0.123. The summed E-state index contributed by atoms with van der Waals surface area (Å²) in [6.45, 7) is 1.79. The lowest BCUT2D eigenvalue weighted by Crippen LogP contribution is -2.45. The minimum absolute atomic E-state index is 0.00481. The van der Waals surface area contributed by atoms with E-state index in [0.717, 1.165) is 5.56 Å². The molecular formula is C21H27Cl2N3O5. The van der Waals surface area contributed by atoms with Crippen molar-refractivity contribution in [1.82, 2.24) is 14.7 Å². The van der Waals surface area contributed by atoms with Crippen LogP contribution in [0.2, 0.25) is 10.0 Å². The van der Waals surface area contributed by atoms with Gasteiger partial charge in [0.05, 0.1) is 16.1 Å². The van der Waals surface area contributed by atoms with Gasteiger partial charge in [0.1, 0.15) is 6.61 Å². The first-order chi connectivity index (χ1) is 14.7. The lowest BCUT2D eigenvalue weighted by atomic mass is 9.93. The number of amides is 3. The van der Waals surface area contributed by atoms with E-state index in [4.69, 9.17) is 27.9 Å². The zero-order valence-corrected chi connectivity index (χ0v) is 19.1. The van der Waals surface area contributed by atoms with Gasteiger partial charge < -0.3 is 24.5 Å². The van der Waals surface area contributed by atoms with E-state index in [0.29, 0.717) is 49.1 Å². The number of likely N-dealkylation sites (N-methyl/N-ethyl adjacent to an activating group) is 1. The van der Waals surface area contributed by atoms with E-state index in [9.17, 15) is 19.5 Å². The zero-order valence-electron chi connectivity index (χ0n) is 17.6. The summed E-state index contributed by atoms with van der Waals surface area (Å²) in [5.41, 5.74) is 0.850. The number of methoxy groups -OCH3 is 1. The Morgan fingerprint density at radius 1 is 1.13 bits per heavy atom. The molecule has 2 aliphatic rings.